The molecular formula is C18H19BrN4O2S. The van der Waals surface area contributed by atoms with Crippen LogP contribution in [0.15, 0.2) is 46.9 Å². The Bertz CT molecular complexity index is 940. The molecule has 2 aromatic carbocycles. The van der Waals surface area contributed by atoms with E-state index in [9.17, 15) is 0 Å². The number of hydrogen-bond donors (Lipinski definition) is 2. The van der Waals surface area contributed by atoms with Crippen molar-refractivity contribution in [2.75, 3.05) is 19.1 Å². The second kappa shape index (κ2) is 8.37. The lowest BCUT2D eigenvalue weighted by atomic mass is 10.2. The van der Waals surface area contributed by atoms with Gasteiger partial charge in [-0.05, 0) is 52.8 Å². The van der Waals surface area contributed by atoms with E-state index in [0.717, 1.165) is 21.4 Å². The summed E-state index contributed by atoms with van der Waals surface area (Å²) in [7, 11) is 1.62. The molecule has 0 fully saturated rings. The van der Waals surface area contributed by atoms with Crippen LogP contribution in [0.1, 0.15) is 12.5 Å². The number of halogens is 1. The molecule has 0 saturated carbocycles. The molecule has 0 amide bonds. The standard InChI is InChI=1S/C18H19BrN4O2S/c1-3-25-15-10-12(9-14(19)16(15)24-2)11-20-23-17(21-22-18(23)26)13-7-5-4-6-8-13/h4-10,20H,3,11H2,1-2H3,(H,22,26). The normalized spacial score (nSPS) is 10.6. The number of aromatic nitrogens is 3. The van der Waals surface area contributed by atoms with Crippen LogP contribution in [0.2, 0.25) is 0 Å². The SMILES string of the molecule is CCOc1cc(CNn2c(-c3ccccc3)n[nH]c2=S)cc(Br)c1OC. The van der Waals surface area contributed by atoms with Gasteiger partial charge < -0.3 is 14.9 Å². The number of rotatable bonds is 7. The van der Waals surface area contributed by atoms with Gasteiger partial charge >= 0.3 is 0 Å². The Morgan fingerprint density at radius 2 is 2.04 bits per heavy atom. The predicted octanol–water partition coefficient (Wildman–Crippen LogP) is 4.52. The maximum Gasteiger partial charge on any atom is 0.214 e. The van der Waals surface area contributed by atoms with Crippen molar-refractivity contribution in [2.24, 2.45) is 0 Å². The van der Waals surface area contributed by atoms with Crippen LogP contribution in [0.4, 0.5) is 0 Å². The van der Waals surface area contributed by atoms with Crippen molar-refractivity contribution in [3.63, 3.8) is 0 Å². The fraction of sp³-hybridized carbons (Fsp3) is 0.222. The summed E-state index contributed by atoms with van der Waals surface area (Å²) < 4.78 is 14.2. The van der Waals surface area contributed by atoms with E-state index in [-0.39, 0.29) is 0 Å². The molecule has 136 valence electrons. The molecule has 0 aliphatic rings. The molecule has 0 spiro atoms. The Balaban J connectivity index is 1.86. The number of benzene rings is 2. The van der Waals surface area contributed by atoms with Crippen LogP contribution in [0.5, 0.6) is 11.5 Å². The number of nitrogens with zero attached hydrogens (tertiary/aromatic N) is 2. The van der Waals surface area contributed by atoms with Crippen LogP contribution in [0.3, 0.4) is 0 Å². The van der Waals surface area contributed by atoms with Crippen molar-refractivity contribution < 1.29 is 9.47 Å². The van der Waals surface area contributed by atoms with Gasteiger partial charge in [-0.3, -0.25) is 0 Å². The van der Waals surface area contributed by atoms with E-state index in [1.807, 2.05) is 49.4 Å². The molecule has 0 aliphatic carbocycles. The predicted molar refractivity (Wildman–Crippen MR) is 108 cm³/mol. The molecule has 2 N–H and O–H groups in total. The Morgan fingerprint density at radius 3 is 2.73 bits per heavy atom. The first-order valence-electron chi connectivity index (χ1n) is 8.10. The molecule has 0 bridgehead atoms. The summed E-state index contributed by atoms with van der Waals surface area (Å²) >= 11 is 8.88. The minimum Gasteiger partial charge on any atom is -0.492 e. The molecule has 0 radical (unpaired) electrons. The summed E-state index contributed by atoms with van der Waals surface area (Å²) in [4.78, 5) is 0. The van der Waals surface area contributed by atoms with E-state index in [2.05, 4.69) is 31.6 Å². The smallest absolute Gasteiger partial charge is 0.214 e. The third-order valence-electron chi connectivity index (χ3n) is 3.72. The maximum atomic E-state index is 5.67. The number of methoxy groups -OCH3 is 1. The zero-order chi connectivity index (χ0) is 18.5. The fourth-order valence-corrected chi connectivity index (χ4v) is 3.43. The van der Waals surface area contributed by atoms with E-state index in [1.165, 1.54) is 0 Å². The van der Waals surface area contributed by atoms with Gasteiger partial charge in [0.2, 0.25) is 4.77 Å². The first kappa shape index (κ1) is 18.5. The van der Waals surface area contributed by atoms with Crippen LogP contribution < -0.4 is 14.9 Å². The zero-order valence-corrected chi connectivity index (χ0v) is 16.9. The topological polar surface area (TPSA) is 64.1 Å². The van der Waals surface area contributed by atoms with Crippen molar-refractivity contribution in [3.05, 3.63) is 57.3 Å². The van der Waals surface area contributed by atoms with Gasteiger partial charge in [-0.1, -0.05) is 30.3 Å². The minimum atomic E-state index is 0.501. The van der Waals surface area contributed by atoms with Gasteiger partial charge in [0.1, 0.15) is 0 Å². The van der Waals surface area contributed by atoms with Gasteiger partial charge in [-0.2, -0.15) is 5.10 Å². The summed E-state index contributed by atoms with van der Waals surface area (Å²) in [5.74, 6) is 2.11. The van der Waals surface area contributed by atoms with Crippen molar-refractivity contribution in [2.45, 2.75) is 13.5 Å². The van der Waals surface area contributed by atoms with Gasteiger partial charge in [0.25, 0.3) is 0 Å². The van der Waals surface area contributed by atoms with Gasteiger partial charge in [0.05, 0.1) is 24.7 Å². The Morgan fingerprint density at radius 1 is 1.27 bits per heavy atom. The Kier molecular flexibility index (Phi) is 5.95. The summed E-state index contributed by atoms with van der Waals surface area (Å²) in [5.41, 5.74) is 5.30. The van der Waals surface area contributed by atoms with Gasteiger partial charge in [-0.15, -0.1) is 0 Å². The van der Waals surface area contributed by atoms with Crippen LogP contribution in [0.25, 0.3) is 11.4 Å². The molecule has 26 heavy (non-hydrogen) atoms. The third kappa shape index (κ3) is 3.91. The highest BCUT2D eigenvalue weighted by Gasteiger charge is 2.12. The Hall–Kier alpha value is -2.32. The second-order valence-electron chi connectivity index (χ2n) is 5.43. The number of hydrogen-bond acceptors (Lipinski definition) is 5. The van der Waals surface area contributed by atoms with Crippen molar-refractivity contribution in [1.82, 2.24) is 14.9 Å². The Labute approximate surface area is 165 Å². The lowest BCUT2D eigenvalue weighted by Gasteiger charge is -2.15. The molecule has 3 aromatic rings. The minimum absolute atomic E-state index is 0.501. The van der Waals surface area contributed by atoms with Crippen molar-refractivity contribution in [3.8, 4) is 22.9 Å². The number of H-pyrrole nitrogens is 1. The lowest BCUT2D eigenvalue weighted by molar-refractivity contribution is 0.309. The highest BCUT2D eigenvalue weighted by molar-refractivity contribution is 9.10. The van der Waals surface area contributed by atoms with E-state index in [0.29, 0.717) is 29.4 Å². The summed E-state index contributed by atoms with van der Waals surface area (Å²) in [6, 6.07) is 13.8. The first-order valence-corrected chi connectivity index (χ1v) is 9.30. The molecule has 0 saturated heterocycles. The number of nitrogens with one attached hydrogen (secondary N) is 2. The zero-order valence-electron chi connectivity index (χ0n) is 14.5. The van der Waals surface area contributed by atoms with E-state index in [1.54, 1.807) is 11.8 Å². The largest absolute Gasteiger partial charge is 0.492 e. The molecule has 0 atom stereocenters. The molecule has 8 heteroatoms. The molecule has 0 unspecified atom stereocenters. The van der Waals surface area contributed by atoms with Crippen molar-refractivity contribution >= 4 is 28.1 Å². The van der Waals surface area contributed by atoms with E-state index in [4.69, 9.17) is 21.7 Å². The van der Waals surface area contributed by atoms with Crippen LogP contribution in [0, 0.1) is 4.77 Å². The average molecular weight is 435 g/mol. The molecule has 1 aromatic heterocycles. The van der Waals surface area contributed by atoms with Gasteiger partial charge in [0.15, 0.2) is 17.3 Å². The van der Waals surface area contributed by atoms with E-state index < -0.39 is 0 Å². The van der Waals surface area contributed by atoms with Gasteiger partial charge in [-0.25, -0.2) is 9.77 Å². The second-order valence-corrected chi connectivity index (χ2v) is 6.67. The van der Waals surface area contributed by atoms with Crippen molar-refractivity contribution in [1.29, 1.82) is 0 Å². The third-order valence-corrected chi connectivity index (χ3v) is 4.58. The molecule has 6 nitrogen and oxygen atoms in total. The first-order chi connectivity index (χ1) is 12.6. The summed E-state index contributed by atoms with van der Waals surface area (Å²) in [6.07, 6.45) is 0. The molecule has 0 aliphatic heterocycles. The van der Waals surface area contributed by atoms with Crippen LogP contribution in [-0.4, -0.2) is 28.6 Å². The van der Waals surface area contributed by atoms with Crippen LogP contribution in [-0.2, 0) is 6.54 Å². The maximum absolute atomic E-state index is 5.67. The molecule has 3 rings (SSSR count). The summed E-state index contributed by atoms with van der Waals surface area (Å²) in [6.45, 7) is 3.04. The number of aromatic amines is 1. The van der Waals surface area contributed by atoms with Crippen LogP contribution >= 0.6 is 28.1 Å². The quantitative estimate of drug-likeness (QED) is 0.535. The average Bonchev–Trinajstić information content (AvgIpc) is 3.01. The van der Waals surface area contributed by atoms with E-state index >= 15 is 0 Å². The highest BCUT2D eigenvalue weighted by Crippen LogP contribution is 2.36. The monoisotopic (exact) mass is 434 g/mol. The fourth-order valence-electron chi connectivity index (χ4n) is 2.58. The molecular weight excluding hydrogens is 416 g/mol. The number of ether oxygens (including phenoxy) is 2. The summed E-state index contributed by atoms with van der Waals surface area (Å²) in [5, 5.41) is 7.15. The van der Waals surface area contributed by atoms with Gasteiger partial charge in [0, 0.05) is 5.56 Å². The lowest BCUT2D eigenvalue weighted by Crippen LogP contribution is -2.16. The highest BCUT2D eigenvalue weighted by atomic mass is 79.9. The molecule has 1 heterocycles.